The lowest BCUT2D eigenvalue weighted by atomic mass is 9.83. The van der Waals surface area contributed by atoms with Gasteiger partial charge in [-0.05, 0) is 38.2 Å². The number of rotatable bonds is 5. The first kappa shape index (κ1) is 22.5. The Labute approximate surface area is 162 Å². The second-order valence-corrected chi connectivity index (χ2v) is 7.09. The number of allylic oxidation sites excluding steroid dienone is 10. The van der Waals surface area contributed by atoms with Crippen LogP contribution in [0.3, 0.4) is 0 Å². The fourth-order valence-corrected chi connectivity index (χ4v) is 3.11. The second kappa shape index (κ2) is 7.57. The maximum atomic E-state index is 14.6. The van der Waals surface area contributed by atoms with Crippen molar-refractivity contribution in [3.8, 4) is 0 Å². The van der Waals surface area contributed by atoms with Crippen LogP contribution in [0.1, 0.15) is 32.6 Å². The molecule has 0 aliphatic heterocycles. The fraction of sp³-hybridized carbons (Fsp3) is 0.368. The summed E-state index contributed by atoms with van der Waals surface area (Å²) in [7, 11) is 0. The molecule has 28 heavy (non-hydrogen) atoms. The van der Waals surface area contributed by atoms with Gasteiger partial charge in [-0.15, -0.1) is 12.6 Å². The molecule has 0 unspecified atom stereocenters. The SMILES string of the molecule is C=C(C1=C(F)C(F)=C(C)CC1)C(F)(F)C(F)(F)C(=C)C1=C(F)C(F)=C(S)CC1. The van der Waals surface area contributed by atoms with Crippen LogP contribution >= 0.6 is 12.6 Å². The highest BCUT2D eigenvalue weighted by atomic mass is 32.1. The molecule has 0 saturated heterocycles. The van der Waals surface area contributed by atoms with Crippen LogP contribution in [0.5, 0.6) is 0 Å². The molecular weight excluding hydrogens is 412 g/mol. The summed E-state index contributed by atoms with van der Waals surface area (Å²) in [6.45, 7) is 6.89. The lowest BCUT2D eigenvalue weighted by Gasteiger charge is -2.33. The van der Waals surface area contributed by atoms with E-state index in [9.17, 15) is 35.1 Å². The molecule has 0 N–H and O–H groups in total. The van der Waals surface area contributed by atoms with Crippen LogP contribution < -0.4 is 0 Å². The predicted octanol–water partition coefficient (Wildman–Crippen LogP) is 7.76. The molecule has 0 atom stereocenters. The van der Waals surface area contributed by atoms with Crippen LogP contribution in [0.25, 0.3) is 0 Å². The molecule has 2 aliphatic rings. The van der Waals surface area contributed by atoms with E-state index in [-0.39, 0.29) is 23.3 Å². The number of halogens is 8. The first-order valence-corrected chi connectivity index (χ1v) is 8.55. The van der Waals surface area contributed by atoms with Crippen molar-refractivity contribution < 1.29 is 35.1 Å². The van der Waals surface area contributed by atoms with Gasteiger partial charge in [0.05, 0.1) is 0 Å². The summed E-state index contributed by atoms with van der Waals surface area (Å²) in [6, 6.07) is 0. The topological polar surface area (TPSA) is 0 Å². The van der Waals surface area contributed by atoms with Gasteiger partial charge in [-0.3, -0.25) is 0 Å². The van der Waals surface area contributed by atoms with Crippen molar-refractivity contribution in [1.82, 2.24) is 0 Å². The molecule has 0 aromatic heterocycles. The van der Waals surface area contributed by atoms with E-state index in [2.05, 4.69) is 25.8 Å². The maximum Gasteiger partial charge on any atom is 0.339 e. The van der Waals surface area contributed by atoms with Crippen LogP contribution in [0.4, 0.5) is 35.1 Å². The second-order valence-electron chi connectivity index (χ2n) is 6.55. The molecule has 0 aromatic rings. The van der Waals surface area contributed by atoms with Gasteiger partial charge in [0.25, 0.3) is 0 Å². The molecule has 0 saturated carbocycles. The predicted molar refractivity (Wildman–Crippen MR) is 93.8 cm³/mol. The van der Waals surface area contributed by atoms with Crippen LogP contribution in [0, 0.1) is 0 Å². The average molecular weight is 428 g/mol. The van der Waals surface area contributed by atoms with Crippen molar-refractivity contribution >= 4 is 12.6 Å². The molecule has 0 radical (unpaired) electrons. The Hall–Kier alpha value is -1.77. The van der Waals surface area contributed by atoms with Crippen LogP contribution in [0.2, 0.25) is 0 Å². The molecule has 0 aromatic carbocycles. The Morgan fingerprint density at radius 1 is 0.714 bits per heavy atom. The molecule has 2 rings (SSSR count). The van der Waals surface area contributed by atoms with Crippen molar-refractivity contribution in [2.24, 2.45) is 0 Å². The zero-order chi connectivity index (χ0) is 21.6. The highest BCUT2D eigenvalue weighted by Gasteiger charge is 2.61. The van der Waals surface area contributed by atoms with E-state index in [1.807, 2.05) is 0 Å². The molecule has 0 heterocycles. The molecule has 2 aliphatic carbocycles. The van der Waals surface area contributed by atoms with E-state index >= 15 is 0 Å². The van der Waals surface area contributed by atoms with Crippen molar-refractivity contribution in [2.75, 3.05) is 0 Å². The minimum Gasteiger partial charge on any atom is -0.204 e. The summed E-state index contributed by atoms with van der Waals surface area (Å²) in [5.74, 6) is -16.6. The maximum absolute atomic E-state index is 14.6. The van der Waals surface area contributed by atoms with Gasteiger partial charge in [0.15, 0.2) is 23.3 Å². The monoisotopic (exact) mass is 428 g/mol. The third kappa shape index (κ3) is 3.49. The summed E-state index contributed by atoms with van der Waals surface area (Å²) in [6.07, 6.45) is -1.42. The normalized spacial score (nSPS) is 19.6. The molecule has 0 spiro atoms. The molecular formula is C19H16F8S. The number of alkyl halides is 4. The third-order valence-electron chi connectivity index (χ3n) is 4.79. The van der Waals surface area contributed by atoms with Gasteiger partial charge in [0.2, 0.25) is 0 Å². The summed E-state index contributed by atoms with van der Waals surface area (Å²) in [5.41, 5.74) is -5.35. The third-order valence-corrected chi connectivity index (χ3v) is 5.21. The van der Waals surface area contributed by atoms with Gasteiger partial charge in [0, 0.05) is 27.2 Å². The molecule has 0 fully saturated rings. The highest BCUT2D eigenvalue weighted by molar-refractivity contribution is 7.84. The van der Waals surface area contributed by atoms with E-state index < -0.39 is 70.3 Å². The van der Waals surface area contributed by atoms with Gasteiger partial charge in [-0.2, -0.15) is 17.6 Å². The molecule has 9 heteroatoms. The molecule has 154 valence electrons. The molecule has 0 bridgehead atoms. The van der Waals surface area contributed by atoms with Gasteiger partial charge < -0.3 is 0 Å². The number of hydrogen-bond donors (Lipinski definition) is 1. The van der Waals surface area contributed by atoms with Crippen molar-refractivity contribution in [3.63, 3.8) is 0 Å². The Balaban J connectivity index is 2.47. The van der Waals surface area contributed by atoms with E-state index in [0.29, 0.717) is 0 Å². The summed E-state index contributed by atoms with van der Waals surface area (Å²) in [4.78, 5) is -0.347. The Morgan fingerprint density at radius 3 is 1.57 bits per heavy atom. The van der Waals surface area contributed by atoms with Gasteiger partial charge >= 0.3 is 11.8 Å². The zero-order valence-corrected chi connectivity index (χ0v) is 15.6. The first-order chi connectivity index (χ1) is 12.7. The van der Waals surface area contributed by atoms with E-state index in [0.717, 1.165) is 0 Å². The Kier molecular flexibility index (Phi) is 6.09. The van der Waals surface area contributed by atoms with Crippen LogP contribution in [-0.4, -0.2) is 11.8 Å². The summed E-state index contributed by atoms with van der Waals surface area (Å²) >= 11 is 3.65. The van der Waals surface area contributed by atoms with Crippen LogP contribution in [0.15, 0.2) is 69.2 Å². The van der Waals surface area contributed by atoms with E-state index in [1.165, 1.54) is 6.92 Å². The lowest BCUT2D eigenvalue weighted by molar-refractivity contribution is -0.158. The van der Waals surface area contributed by atoms with E-state index in [1.54, 1.807) is 0 Å². The Bertz CT molecular complexity index is 798. The molecule has 0 amide bonds. The zero-order valence-electron chi connectivity index (χ0n) is 14.7. The van der Waals surface area contributed by atoms with Gasteiger partial charge in [-0.1, -0.05) is 13.2 Å². The van der Waals surface area contributed by atoms with Crippen molar-refractivity contribution in [2.45, 2.75) is 44.5 Å². The minimum absolute atomic E-state index is 0.0483. The summed E-state index contributed by atoms with van der Waals surface area (Å²) in [5, 5.41) is 0. The first-order valence-electron chi connectivity index (χ1n) is 8.11. The summed E-state index contributed by atoms with van der Waals surface area (Å²) < 4.78 is 114. The number of thiol groups is 1. The lowest BCUT2D eigenvalue weighted by Crippen LogP contribution is -2.44. The average Bonchev–Trinajstić information content (AvgIpc) is 2.63. The highest BCUT2D eigenvalue weighted by Crippen LogP contribution is 2.52. The standard InChI is InChI=1S/C19H16F8S/c1-8-4-5-11(15(21)14(8)20)9(2)18(24,25)19(26,27)10(3)12-6-7-13(28)17(23)16(12)22/h28H,2-7H2,1H3. The van der Waals surface area contributed by atoms with Crippen LogP contribution in [-0.2, 0) is 0 Å². The number of hydrogen-bond acceptors (Lipinski definition) is 1. The fourth-order valence-electron chi connectivity index (χ4n) is 2.90. The largest absolute Gasteiger partial charge is 0.339 e. The van der Waals surface area contributed by atoms with Gasteiger partial charge in [0.1, 0.15) is 0 Å². The smallest absolute Gasteiger partial charge is 0.204 e. The Morgan fingerprint density at radius 2 is 1.11 bits per heavy atom. The minimum atomic E-state index is -5.12. The van der Waals surface area contributed by atoms with E-state index in [4.69, 9.17) is 0 Å². The molecule has 0 nitrogen and oxygen atoms in total. The van der Waals surface area contributed by atoms with Gasteiger partial charge in [-0.25, -0.2) is 17.6 Å². The van der Waals surface area contributed by atoms with Crippen molar-refractivity contribution in [3.05, 3.63) is 69.2 Å². The van der Waals surface area contributed by atoms with Crippen molar-refractivity contribution in [1.29, 1.82) is 0 Å². The quantitative estimate of drug-likeness (QED) is 0.336.